The summed E-state index contributed by atoms with van der Waals surface area (Å²) < 4.78 is 89.4. The van der Waals surface area contributed by atoms with Gasteiger partial charge in [-0.3, -0.25) is 5.32 Å². The zero-order valence-corrected chi connectivity index (χ0v) is 21.1. The second-order valence-corrected chi connectivity index (χ2v) is 11.6. The first-order chi connectivity index (χ1) is 16.7. The molecule has 36 heavy (non-hydrogen) atoms. The molecule has 6 nitrogen and oxygen atoms in total. The molecule has 0 amide bonds. The Morgan fingerprint density at radius 2 is 1.83 bits per heavy atom. The van der Waals surface area contributed by atoms with Crippen LogP contribution in [-0.4, -0.2) is 32.5 Å². The first kappa shape index (κ1) is 27.9. The predicted octanol–water partition coefficient (Wildman–Crippen LogP) is 5.35. The molecule has 11 heteroatoms. The molecule has 0 saturated heterocycles. The van der Waals surface area contributed by atoms with E-state index in [9.17, 15) is 30.8 Å². The minimum Gasteiger partial charge on any atom is -0.482 e. The van der Waals surface area contributed by atoms with Crippen molar-refractivity contribution in [2.75, 3.05) is 12.5 Å². The van der Waals surface area contributed by atoms with E-state index in [1.165, 1.54) is 0 Å². The van der Waals surface area contributed by atoms with E-state index < -0.39 is 55.8 Å². The van der Waals surface area contributed by atoms with Crippen molar-refractivity contribution in [2.24, 2.45) is 0 Å². The van der Waals surface area contributed by atoms with Crippen molar-refractivity contribution in [3.05, 3.63) is 58.9 Å². The smallest absolute Gasteiger partial charge is 0.416 e. The van der Waals surface area contributed by atoms with Crippen LogP contribution in [0, 0.1) is 5.82 Å². The molecule has 1 aliphatic rings. The lowest BCUT2D eigenvalue weighted by atomic mass is 9.98. The highest BCUT2D eigenvalue weighted by atomic mass is 32.2. The molecular weight excluding hydrogens is 502 g/mol. The molecule has 0 aliphatic heterocycles. The Morgan fingerprint density at radius 1 is 1.11 bits per heavy atom. The Labute approximate surface area is 207 Å². The molecule has 1 atom stereocenters. The Balaban J connectivity index is 1.78. The average Bonchev–Trinajstić information content (AvgIpc) is 2.96. The van der Waals surface area contributed by atoms with Crippen LogP contribution >= 0.6 is 0 Å². The minimum atomic E-state index is -4.88. The van der Waals surface area contributed by atoms with E-state index in [0.29, 0.717) is 30.7 Å². The van der Waals surface area contributed by atoms with Crippen LogP contribution in [0.2, 0.25) is 0 Å². The van der Waals surface area contributed by atoms with Crippen molar-refractivity contribution in [1.82, 2.24) is 5.32 Å². The van der Waals surface area contributed by atoms with Gasteiger partial charge in [-0.1, -0.05) is 18.6 Å². The number of halogens is 4. The summed E-state index contributed by atoms with van der Waals surface area (Å²) in [6, 6.07) is 6.09. The van der Waals surface area contributed by atoms with E-state index in [-0.39, 0.29) is 12.7 Å². The lowest BCUT2D eigenvalue weighted by molar-refractivity contribution is -0.157. The van der Waals surface area contributed by atoms with Crippen molar-refractivity contribution in [2.45, 2.75) is 69.2 Å². The number of benzene rings is 2. The van der Waals surface area contributed by atoms with Gasteiger partial charge in [-0.05, 0) is 75.4 Å². The van der Waals surface area contributed by atoms with Crippen molar-refractivity contribution in [3.63, 3.8) is 0 Å². The maximum Gasteiger partial charge on any atom is 0.416 e. The quantitative estimate of drug-likeness (QED) is 0.295. The number of rotatable bonds is 7. The third kappa shape index (κ3) is 7.42. The van der Waals surface area contributed by atoms with Crippen LogP contribution in [0.15, 0.2) is 41.3 Å². The number of carbonyl (C=O) groups excluding carboxylic acids is 1. The number of fused-ring (bicyclic) bond motifs is 1. The normalized spacial score (nSPS) is 16.7. The first-order valence-corrected chi connectivity index (χ1v) is 13.1. The molecule has 3 rings (SSSR count). The highest BCUT2D eigenvalue weighted by Gasteiger charge is 2.33. The number of hydrogen-bond acceptors (Lipinski definition) is 6. The molecule has 1 N–H and O–H groups in total. The van der Waals surface area contributed by atoms with Crippen molar-refractivity contribution in [1.29, 1.82) is 0 Å². The summed E-state index contributed by atoms with van der Waals surface area (Å²) >= 11 is 0. The number of alkyl halides is 3. The van der Waals surface area contributed by atoms with Crippen LogP contribution in [0.5, 0.6) is 5.75 Å². The lowest BCUT2D eigenvalue weighted by Crippen LogP contribution is -2.29. The zero-order valence-electron chi connectivity index (χ0n) is 20.2. The van der Waals surface area contributed by atoms with Gasteiger partial charge in [0.25, 0.3) is 0 Å². The molecule has 0 spiro atoms. The zero-order chi connectivity index (χ0) is 26.7. The number of nitrogens with one attached hydrogen (secondary N) is 1. The van der Waals surface area contributed by atoms with E-state index in [0.717, 1.165) is 24.0 Å². The SMILES string of the molecule is CC(C)(C)OC(=O)COc1cccc2c1CCCCC2NCS(=O)(=O)c1cc(F)cc(C(F)(F)F)c1. The molecule has 2 aromatic rings. The predicted molar refractivity (Wildman–Crippen MR) is 125 cm³/mol. The average molecular weight is 532 g/mol. The number of sulfone groups is 1. The fourth-order valence-electron chi connectivity index (χ4n) is 4.04. The number of hydrogen-bond donors (Lipinski definition) is 1. The topological polar surface area (TPSA) is 81.7 Å². The maximum atomic E-state index is 13.8. The van der Waals surface area contributed by atoms with E-state index in [1.54, 1.807) is 32.9 Å². The maximum absolute atomic E-state index is 13.8. The Morgan fingerprint density at radius 3 is 2.50 bits per heavy atom. The Hall–Kier alpha value is -2.66. The monoisotopic (exact) mass is 531 g/mol. The Kier molecular flexibility index (Phi) is 8.34. The van der Waals surface area contributed by atoms with Gasteiger partial charge in [-0.2, -0.15) is 13.2 Å². The highest BCUT2D eigenvalue weighted by molar-refractivity contribution is 7.91. The molecule has 0 heterocycles. The summed E-state index contributed by atoms with van der Waals surface area (Å²) in [6.45, 7) is 4.95. The second kappa shape index (κ2) is 10.8. The summed E-state index contributed by atoms with van der Waals surface area (Å²) in [5.41, 5.74) is -0.428. The summed E-state index contributed by atoms with van der Waals surface area (Å²) in [6.07, 6.45) is -2.10. The van der Waals surface area contributed by atoms with E-state index >= 15 is 0 Å². The molecule has 0 saturated carbocycles. The van der Waals surface area contributed by atoms with Gasteiger partial charge < -0.3 is 9.47 Å². The van der Waals surface area contributed by atoms with Crippen molar-refractivity contribution in [3.8, 4) is 5.75 Å². The number of esters is 1. The second-order valence-electron chi connectivity index (χ2n) is 9.63. The fourth-order valence-corrected chi connectivity index (χ4v) is 5.22. The number of ether oxygens (including phenoxy) is 2. The third-order valence-corrected chi connectivity index (χ3v) is 7.06. The lowest BCUT2D eigenvalue weighted by Gasteiger charge is -2.22. The van der Waals surface area contributed by atoms with Crippen molar-refractivity contribution >= 4 is 15.8 Å². The summed E-state index contributed by atoms with van der Waals surface area (Å²) in [5, 5.41) is 2.92. The van der Waals surface area contributed by atoms with E-state index in [1.807, 2.05) is 6.07 Å². The first-order valence-electron chi connectivity index (χ1n) is 11.5. The molecule has 0 bridgehead atoms. The summed E-state index contributed by atoms with van der Waals surface area (Å²) in [4.78, 5) is 11.3. The van der Waals surface area contributed by atoms with Crippen LogP contribution in [0.3, 0.4) is 0 Å². The van der Waals surface area contributed by atoms with Gasteiger partial charge in [0.1, 0.15) is 23.0 Å². The van der Waals surface area contributed by atoms with Gasteiger partial charge in [-0.25, -0.2) is 17.6 Å². The van der Waals surface area contributed by atoms with Gasteiger partial charge in [0.2, 0.25) is 0 Å². The largest absolute Gasteiger partial charge is 0.482 e. The number of carbonyl (C=O) groups is 1. The standard InChI is InChI=1S/C25H29F4NO5S/c1-24(2,3)35-23(31)14-34-22-10-6-8-19-20(22)7-4-5-9-21(19)30-15-36(32,33)18-12-16(25(27,28)29)11-17(26)13-18/h6,8,10-13,21,30H,4-5,7,9,14-15H2,1-3H3. The van der Waals surface area contributed by atoms with Crippen LogP contribution in [0.25, 0.3) is 0 Å². The molecular formula is C25H29F4NO5S. The minimum absolute atomic E-state index is 0.257. The molecule has 0 radical (unpaired) electrons. The summed E-state index contributed by atoms with van der Waals surface area (Å²) in [5.74, 6) is -2.01. The van der Waals surface area contributed by atoms with Crippen LogP contribution in [-0.2, 0) is 32.0 Å². The summed E-state index contributed by atoms with van der Waals surface area (Å²) in [7, 11) is -4.27. The molecule has 198 valence electrons. The van der Waals surface area contributed by atoms with Gasteiger partial charge in [0, 0.05) is 6.04 Å². The van der Waals surface area contributed by atoms with Gasteiger partial charge in [-0.15, -0.1) is 0 Å². The van der Waals surface area contributed by atoms with Gasteiger partial charge in [0.05, 0.1) is 10.5 Å². The molecule has 0 aromatic heterocycles. The molecule has 1 unspecified atom stereocenters. The highest BCUT2D eigenvalue weighted by Crippen LogP contribution is 2.35. The van der Waals surface area contributed by atoms with E-state index in [2.05, 4.69) is 5.32 Å². The van der Waals surface area contributed by atoms with E-state index in [4.69, 9.17) is 9.47 Å². The fraction of sp³-hybridized carbons (Fsp3) is 0.480. The molecule has 0 fully saturated rings. The molecule has 2 aromatic carbocycles. The van der Waals surface area contributed by atoms with Crippen LogP contribution in [0.4, 0.5) is 17.6 Å². The van der Waals surface area contributed by atoms with Gasteiger partial charge in [0.15, 0.2) is 16.4 Å². The van der Waals surface area contributed by atoms with Crippen LogP contribution in [0.1, 0.15) is 62.8 Å². The van der Waals surface area contributed by atoms with Crippen molar-refractivity contribution < 1.29 is 40.2 Å². The van der Waals surface area contributed by atoms with Gasteiger partial charge >= 0.3 is 12.1 Å². The third-order valence-electron chi connectivity index (χ3n) is 5.56. The van der Waals surface area contributed by atoms with Crippen LogP contribution < -0.4 is 10.1 Å². The Bertz CT molecular complexity index is 1210. The molecule has 1 aliphatic carbocycles.